The number of aromatic nitrogens is 2. The van der Waals surface area contributed by atoms with Gasteiger partial charge in [0.25, 0.3) is 5.56 Å². The first-order chi connectivity index (χ1) is 14.0. The second-order valence-electron chi connectivity index (χ2n) is 6.35. The summed E-state index contributed by atoms with van der Waals surface area (Å²) in [5.74, 6) is 1.31. The third kappa shape index (κ3) is 4.29. The molecule has 0 aliphatic heterocycles. The molecule has 2 aromatic carbocycles. The van der Waals surface area contributed by atoms with E-state index >= 15 is 0 Å². The van der Waals surface area contributed by atoms with Crippen LogP contribution in [0.5, 0.6) is 11.5 Å². The van der Waals surface area contributed by atoms with Gasteiger partial charge in [-0.05, 0) is 61.0 Å². The fraction of sp³-hybridized carbons (Fsp3) is 0.273. The zero-order chi connectivity index (χ0) is 21.0. The molecule has 0 amide bonds. The van der Waals surface area contributed by atoms with Crippen LogP contribution in [0.4, 0.5) is 5.69 Å². The van der Waals surface area contributed by atoms with Crippen molar-refractivity contribution in [1.29, 1.82) is 0 Å². The van der Waals surface area contributed by atoms with Gasteiger partial charge >= 0.3 is 0 Å². The van der Waals surface area contributed by atoms with Crippen molar-refractivity contribution in [3.8, 4) is 17.2 Å². The number of benzene rings is 2. The first-order valence-electron chi connectivity index (χ1n) is 9.45. The van der Waals surface area contributed by atoms with Crippen LogP contribution in [0.15, 0.2) is 56.7 Å². The van der Waals surface area contributed by atoms with Gasteiger partial charge in [0.15, 0.2) is 17.2 Å². The largest absolute Gasteiger partial charge is 0.490 e. The number of nitrogens with zero attached hydrogens (tertiary/aromatic N) is 3. The average molecular weight is 458 g/mol. The summed E-state index contributed by atoms with van der Waals surface area (Å²) in [5.41, 5.74) is 2.60. The normalized spacial score (nSPS) is 11.2. The third-order valence-corrected chi connectivity index (χ3v) is 5.21. The molecule has 6 nitrogen and oxygen atoms in total. The summed E-state index contributed by atoms with van der Waals surface area (Å²) in [7, 11) is 1.85. The van der Waals surface area contributed by atoms with Crippen LogP contribution in [0.2, 0.25) is 0 Å². The van der Waals surface area contributed by atoms with E-state index in [1.807, 2.05) is 75.0 Å². The molecular formula is C22H24BrN3O3. The highest BCUT2D eigenvalue weighted by Gasteiger charge is 2.15. The Morgan fingerprint density at radius 2 is 1.69 bits per heavy atom. The molecule has 3 aromatic rings. The Bertz CT molecular complexity index is 1080. The highest BCUT2D eigenvalue weighted by molar-refractivity contribution is 9.10. The molecule has 0 N–H and O–H groups in total. The van der Waals surface area contributed by atoms with Gasteiger partial charge in [0.2, 0.25) is 0 Å². The van der Waals surface area contributed by atoms with Crippen molar-refractivity contribution in [2.24, 2.45) is 12.0 Å². The first kappa shape index (κ1) is 20.9. The molecule has 0 saturated carbocycles. The molecule has 29 heavy (non-hydrogen) atoms. The number of hydrogen-bond acceptors (Lipinski definition) is 4. The minimum Gasteiger partial charge on any atom is -0.490 e. The van der Waals surface area contributed by atoms with Crippen LogP contribution in [0.25, 0.3) is 5.69 Å². The molecular weight excluding hydrogens is 434 g/mol. The molecule has 1 aromatic heterocycles. The molecule has 7 heteroatoms. The van der Waals surface area contributed by atoms with Gasteiger partial charge < -0.3 is 9.47 Å². The standard InChI is InChI=1S/C22H24BrN3O3/c1-5-28-19-12-16(18(23)13-20(19)29-6-2)14-24-21-15(3)25(4)26(22(21)27)17-10-8-7-9-11-17/h7-14H,5-6H2,1-4H3. The zero-order valence-electron chi connectivity index (χ0n) is 17.0. The molecule has 0 spiro atoms. The van der Waals surface area contributed by atoms with E-state index in [0.717, 1.165) is 21.4 Å². The smallest absolute Gasteiger partial charge is 0.297 e. The summed E-state index contributed by atoms with van der Waals surface area (Å²) < 4.78 is 15.6. The van der Waals surface area contributed by atoms with E-state index in [2.05, 4.69) is 20.9 Å². The van der Waals surface area contributed by atoms with Gasteiger partial charge in [0.1, 0.15) is 0 Å². The highest BCUT2D eigenvalue weighted by Crippen LogP contribution is 2.33. The molecule has 0 fully saturated rings. The molecule has 0 saturated heterocycles. The summed E-state index contributed by atoms with van der Waals surface area (Å²) in [6.45, 7) is 6.80. The second kappa shape index (κ2) is 9.13. The van der Waals surface area contributed by atoms with Crippen LogP contribution in [-0.4, -0.2) is 28.8 Å². The summed E-state index contributed by atoms with van der Waals surface area (Å²) in [6.07, 6.45) is 1.67. The second-order valence-corrected chi connectivity index (χ2v) is 7.21. The quantitative estimate of drug-likeness (QED) is 0.479. The predicted octanol–water partition coefficient (Wildman–Crippen LogP) is 4.79. The molecule has 1 heterocycles. The van der Waals surface area contributed by atoms with Crippen molar-refractivity contribution in [1.82, 2.24) is 9.36 Å². The van der Waals surface area contributed by atoms with Gasteiger partial charge in [-0.3, -0.25) is 9.48 Å². The lowest BCUT2D eigenvalue weighted by Gasteiger charge is -2.12. The number of halogens is 1. The van der Waals surface area contributed by atoms with Gasteiger partial charge in [-0.25, -0.2) is 9.67 Å². The number of para-hydroxylation sites is 1. The van der Waals surface area contributed by atoms with Crippen LogP contribution in [0.1, 0.15) is 25.1 Å². The zero-order valence-corrected chi connectivity index (χ0v) is 18.6. The van der Waals surface area contributed by atoms with E-state index < -0.39 is 0 Å². The maximum absolute atomic E-state index is 13.0. The van der Waals surface area contributed by atoms with E-state index in [1.54, 1.807) is 10.9 Å². The Morgan fingerprint density at radius 1 is 1.07 bits per heavy atom. The van der Waals surface area contributed by atoms with Crippen molar-refractivity contribution in [2.75, 3.05) is 13.2 Å². The van der Waals surface area contributed by atoms with Crippen molar-refractivity contribution in [2.45, 2.75) is 20.8 Å². The lowest BCUT2D eigenvalue weighted by Crippen LogP contribution is -2.19. The van der Waals surface area contributed by atoms with Crippen LogP contribution < -0.4 is 15.0 Å². The number of aliphatic imine (C=N–C) groups is 1. The lowest BCUT2D eigenvalue weighted by atomic mass is 10.2. The fourth-order valence-corrected chi connectivity index (χ4v) is 3.45. The van der Waals surface area contributed by atoms with Crippen LogP contribution in [-0.2, 0) is 7.05 Å². The molecule has 0 radical (unpaired) electrons. The van der Waals surface area contributed by atoms with E-state index in [9.17, 15) is 4.79 Å². The lowest BCUT2D eigenvalue weighted by molar-refractivity contribution is 0.287. The maximum Gasteiger partial charge on any atom is 0.297 e. The molecule has 0 bridgehead atoms. The van der Waals surface area contributed by atoms with Gasteiger partial charge in [-0.15, -0.1) is 0 Å². The van der Waals surface area contributed by atoms with E-state index in [0.29, 0.717) is 30.4 Å². The maximum atomic E-state index is 13.0. The van der Waals surface area contributed by atoms with E-state index in [-0.39, 0.29) is 5.56 Å². The van der Waals surface area contributed by atoms with Crippen molar-refractivity contribution < 1.29 is 9.47 Å². The SMILES string of the molecule is CCOc1cc(Br)c(C=Nc2c(C)n(C)n(-c3ccccc3)c2=O)cc1OCC. The molecule has 0 unspecified atom stereocenters. The Balaban J connectivity index is 2.03. The van der Waals surface area contributed by atoms with E-state index in [4.69, 9.17) is 9.47 Å². The average Bonchev–Trinajstić information content (AvgIpc) is 2.92. The summed E-state index contributed by atoms with van der Waals surface area (Å²) in [4.78, 5) is 17.5. The van der Waals surface area contributed by atoms with E-state index in [1.165, 1.54) is 0 Å². The minimum atomic E-state index is -0.167. The minimum absolute atomic E-state index is 0.167. The Morgan fingerprint density at radius 3 is 2.31 bits per heavy atom. The molecule has 0 aliphatic rings. The number of rotatable bonds is 7. The topological polar surface area (TPSA) is 57.8 Å². The monoisotopic (exact) mass is 457 g/mol. The first-order valence-corrected chi connectivity index (χ1v) is 10.2. The molecule has 152 valence electrons. The van der Waals surface area contributed by atoms with Crippen molar-refractivity contribution in [3.05, 3.63) is 68.5 Å². The van der Waals surface area contributed by atoms with Gasteiger partial charge in [0.05, 0.1) is 24.6 Å². The van der Waals surface area contributed by atoms with Gasteiger partial charge in [0, 0.05) is 23.3 Å². The summed E-state index contributed by atoms with van der Waals surface area (Å²) in [5, 5.41) is 0. The Labute approximate surface area is 178 Å². The Hall–Kier alpha value is -2.80. The summed E-state index contributed by atoms with van der Waals surface area (Å²) in [6, 6.07) is 13.2. The van der Waals surface area contributed by atoms with Crippen LogP contribution in [0, 0.1) is 6.92 Å². The third-order valence-electron chi connectivity index (χ3n) is 4.52. The fourth-order valence-electron chi connectivity index (χ4n) is 3.02. The number of ether oxygens (including phenoxy) is 2. The molecule has 0 aliphatic carbocycles. The molecule has 0 atom stereocenters. The molecule has 3 rings (SSSR count). The predicted molar refractivity (Wildman–Crippen MR) is 119 cm³/mol. The van der Waals surface area contributed by atoms with Crippen molar-refractivity contribution in [3.63, 3.8) is 0 Å². The van der Waals surface area contributed by atoms with Crippen molar-refractivity contribution >= 4 is 27.8 Å². The summed E-state index contributed by atoms with van der Waals surface area (Å²) >= 11 is 3.55. The Kier molecular flexibility index (Phi) is 6.59. The van der Waals surface area contributed by atoms with Crippen LogP contribution >= 0.6 is 15.9 Å². The van der Waals surface area contributed by atoms with Gasteiger partial charge in [-0.1, -0.05) is 18.2 Å². The number of hydrogen-bond donors (Lipinski definition) is 0. The van der Waals surface area contributed by atoms with Crippen LogP contribution in [0.3, 0.4) is 0 Å². The van der Waals surface area contributed by atoms with Gasteiger partial charge in [-0.2, -0.15) is 0 Å². The highest BCUT2D eigenvalue weighted by atomic mass is 79.9.